The van der Waals surface area contributed by atoms with Gasteiger partial charge in [-0.05, 0) is 26.8 Å². The van der Waals surface area contributed by atoms with Crippen LogP contribution in [0.2, 0.25) is 5.02 Å². The quantitative estimate of drug-likeness (QED) is 0.746. The van der Waals surface area contributed by atoms with Crippen molar-refractivity contribution < 1.29 is 9.53 Å². The summed E-state index contributed by atoms with van der Waals surface area (Å²) in [5.41, 5.74) is 0.172. The van der Waals surface area contributed by atoms with Crippen LogP contribution in [0.25, 0.3) is 0 Å². The molecular weight excluding hydrogens is 302 g/mol. The van der Waals surface area contributed by atoms with Crippen molar-refractivity contribution in [1.82, 2.24) is 9.88 Å². The Hall–Kier alpha value is -1.93. The zero-order chi connectivity index (χ0) is 16.3. The summed E-state index contributed by atoms with van der Waals surface area (Å²) in [6.45, 7) is 8.03. The van der Waals surface area contributed by atoms with Gasteiger partial charge in [-0.3, -0.25) is 0 Å². The fraction of sp³-hybridized carbons (Fsp3) is 0.500. The summed E-state index contributed by atoms with van der Waals surface area (Å²) in [6.07, 6.45) is 6.67. The van der Waals surface area contributed by atoms with E-state index in [1.165, 1.54) is 0 Å². The number of carbonyl (C=O) groups is 1. The van der Waals surface area contributed by atoms with Gasteiger partial charge in [-0.1, -0.05) is 17.5 Å². The lowest BCUT2D eigenvalue weighted by molar-refractivity contribution is 0.0240. The van der Waals surface area contributed by atoms with Gasteiger partial charge in [0, 0.05) is 37.9 Å². The predicted molar refractivity (Wildman–Crippen MR) is 87.2 cm³/mol. The Morgan fingerprint density at radius 2 is 2.00 bits per heavy atom. The van der Waals surface area contributed by atoms with E-state index in [1.54, 1.807) is 17.2 Å². The molecule has 0 radical (unpaired) electrons. The van der Waals surface area contributed by atoms with E-state index in [0.717, 1.165) is 0 Å². The van der Waals surface area contributed by atoms with Crippen molar-refractivity contribution >= 4 is 23.5 Å². The minimum atomic E-state index is -0.482. The van der Waals surface area contributed by atoms with Crippen molar-refractivity contribution in [3.63, 3.8) is 0 Å². The Labute approximate surface area is 136 Å². The van der Waals surface area contributed by atoms with Gasteiger partial charge in [-0.2, -0.15) is 0 Å². The third-order valence-corrected chi connectivity index (χ3v) is 3.50. The molecule has 0 unspecified atom stereocenters. The first-order valence-corrected chi connectivity index (χ1v) is 7.53. The molecule has 0 bridgehead atoms. The maximum atomic E-state index is 12.0. The highest BCUT2D eigenvalue weighted by atomic mass is 35.5. The third-order valence-electron chi connectivity index (χ3n) is 3.22. The van der Waals surface area contributed by atoms with Crippen LogP contribution in [-0.2, 0) is 4.74 Å². The Bertz CT molecular complexity index is 596. The number of amides is 1. The SMILES string of the molecule is C#Cc1cnc(N2CCN(C(=O)OC(C)(C)C)CC2)c(Cl)c1. The van der Waals surface area contributed by atoms with Gasteiger partial charge in [0.1, 0.15) is 11.4 Å². The fourth-order valence-corrected chi connectivity index (χ4v) is 2.46. The summed E-state index contributed by atoms with van der Waals surface area (Å²) in [5, 5.41) is 0.529. The molecule has 0 spiro atoms. The lowest BCUT2D eigenvalue weighted by Gasteiger charge is -2.36. The van der Waals surface area contributed by atoms with E-state index >= 15 is 0 Å². The number of hydrogen-bond acceptors (Lipinski definition) is 4. The highest BCUT2D eigenvalue weighted by Crippen LogP contribution is 2.25. The third kappa shape index (κ3) is 4.05. The molecule has 2 heterocycles. The molecule has 6 heteroatoms. The maximum absolute atomic E-state index is 12.0. The Morgan fingerprint density at radius 1 is 1.36 bits per heavy atom. The molecule has 0 atom stereocenters. The molecule has 1 saturated heterocycles. The normalized spacial score (nSPS) is 15.4. The summed E-state index contributed by atoms with van der Waals surface area (Å²) >= 11 is 6.22. The van der Waals surface area contributed by atoms with Gasteiger partial charge in [-0.15, -0.1) is 6.42 Å². The molecule has 0 saturated carbocycles. The number of piperazine rings is 1. The zero-order valence-electron chi connectivity index (χ0n) is 13.1. The molecule has 1 aromatic rings. The second-order valence-electron chi connectivity index (χ2n) is 6.13. The number of pyridine rings is 1. The van der Waals surface area contributed by atoms with Crippen LogP contribution in [-0.4, -0.2) is 47.8 Å². The maximum Gasteiger partial charge on any atom is 0.410 e. The fourth-order valence-electron chi connectivity index (χ4n) is 2.17. The van der Waals surface area contributed by atoms with Gasteiger partial charge < -0.3 is 14.5 Å². The van der Waals surface area contributed by atoms with Crippen LogP contribution < -0.4 is 4.90 Å². The average molecular weight is 322 g/mol. The highest BCUT2D eigenvalue weighted by Gasteiger charge is 2.26. The first kappa shape index (κ1) is 16.4. The molecule has 0 N–H and O–H groups in total. The number of terminal acetylenes is 1. The molecule has 1 amide bonds. The van der Waals surface area contributed by atoms with Gasteiger partial charge in [-0.25, -0.2) is 9.78 Å². The number of halogens is 1. The molecule has 1 fully saturated rings. The van der Waals surface area contributed by atoms with E-state index in [0.29, 0.717) is 42.6 Å². The first-order valence-electron chi connectivity index (χ1n) is 7.15. The monoisotopic (exact) mass is 321 g/mol. The Kier molecular flexibility index (Phi) is 4.82. The second-order valence-corrected chi connectivity index (χ2v) is 6.54. The number of rotatable bonds is 1. The molecule has 0 aromatic carbocycles. The Morgan fingerprint density at radius 3 is 2.50 bits per heavy atom. The second kappa shape index (κ2) is 6.45. The van der Waals surface area contributed by atoms with Crippen LogP contribution in [0.1, 0.15) is 26.3 Å². The van der Waals surface area contributed by atoms with Gasteiger partial charge in [0.15, 0.2) is 0 Å². The minimum absolute atomic E-state index is 0.283. The van der Waals surface area contributed by atoms with Crippen molar-refractivity contribution in [2.24, 2.45) is 0 Å². The van der Waals surface area contributed by atoms with Crippen LogP contribution in [0.3, 0.4) is 0 Å². The molecule has 5 nitrogen and oxygen atoms in total. The number of carbonyl (C=O) groups excluding carboxylic acids is 1. The van der Waals surface area contributed by atoms with Crippen molar-refractivity contribution in [3.05, 3.63) is 22.8 Å². The van der Waals surface area contributed by atoms with Gasteiger partial charge in [0.2, 0.25) is 0 Å². The van der Waals surface area contributed by atoms with Crippen molar-refractivity contribution in [1.29, 1.82) is 0 Å². The molecule has 22 heavy (non-hydrogen) atoms. The molecule has 118 valence electrons. The summed E-state index contributed by atoms with van der Waals surface area (Å²) in [4.78, 5) is 20.1. The molecular formula is C16H20ClN3O2. The van der Waals surface area contributed by atoms with E-state index < -0.39 is 5.60 Å². The van der Waals surface area contributed by atoms with Gasteiger partial charge >= 0.3 is 6.09 Å². The predicted octanol–water partition coefficient (Wildman–Crippen LogP) is 2.77. The van der Waals surface area contributed by atoms with Crippen molar-refractivity contribution in [3.8, 4) is 12.3 Å². The number of hydrogen-bond donors (Lipinski definition) is 0. The lowest BCUT2D eigenvalue weighted by Crippen LogP contribution is -2.50. The minimum Gasteiger partial charge on any atom is -0.444 e. The van der Waals surface area contributed by atoms with E-state index in [9.17, 15) is 4.79 Å². The smallest absolute Gasteiger partial charge is 0.410 e. The van der Waals surface area contributed by atoms with E-state index in [1.807, 2.05) is 25.7 Å². The largest absolute Gasteiger partial charge is 0.444 e. The van der Waals surface area contributed by atoms with E-state index in [4.69, 9.17) is 22.8 Å². The molecule has 2 rings (SSSR count). The van der Waals surface area contributed by atoms with E-state index in [2.05, 4.69) is 10.9 Å². The van der Waals surface area contributed by atoms with Crippen LogP contribution >= 0.6 is 11.6 Å². The summed E-state index contributed by atoms with van der Waals surface area (Å²) in [5.74, 6) is 3.21. The van der Waals surface area contributed by atoms with Crippen LogP contribution in [0, 0.1) is 12.3 Å². The van der Waals surface area contributed by atoms with Gasteiger partial charge in [0.25, 0.3) is 0 Å². The molecule has 1 aliphatic rings. The topological polar surface area (TPSA) is 45.7 Å². The number of aromatic nitrogens is 1. The van der Waals surface area contributed by atoms with Crippen LogP contribution in [0.15, 0.2) is 12.3 Å². The van der Waals surface area contributed by atoms with Gasteiger partial charge in [0.05, 0.1) is 5.02 Å². The van der Waals surface area contributed by atoms with Crippen molar-refractivity contribution in [2.45, 2.75) is 26.4 Å². The molecule has 1 aromatic heterocycles. The summed E-state index contributed by atoms with van der Waals surface area (Å²) < 4.78 is 5.38. The van der Waals surface area contributed by atoms with E-state index in [-0.39, 0.29) is 6.09 Å². The average Bonchev–Trinajstić information content (AvgIpc) is 2.45. The standard InChI is InChI=1S/C16H20ClN3O2/c1-5-12-10-13(17)14(18-11-12)19-6-8-20(9-7-19)15(21)22-16(2,3)4/h1,10-11H,6-9H2,2-4H3. The number of anilines is 1. The summed E-state index contributed by atoms with van der Waals surface area (Å²) in [6, 6.07) is 1.73. The lowest BCUT2D eigenvalue weighted by atomic mass is 10.2. The zero-order valence-corrected chi connectivity index (χ0v) is 13.9. The number of ether oxygens (including phenoxy) is 1. The summed E-state index contributed by atoms with van der Waals surface area (Å²) in [7, 11) is 0. The van der Waals surface area contributed by atoms with Crippen molar-refractivity contribution in [2.75, 3.05) is 31.1 Å². The van der Waals surface area contributed by atoms with Crippen LogP contribution in [0.5, 0.6) is 0 Å². The highest BCUT2D eigenvalue weighted by molar-refractivity contribution is 6.33. The molecule has 1 aliphatic heterocycles. The Balaban J connectivity index is 1.98. The van der Waals surface area contributed by atoms with Crippen LogP contribution in [0.4, 0.5) is 10.6 Å². The molecule has 0 aliphatic carbocycles. The first-order chi connectivity index (χ1) is 10.3. The number of nitrogens with zero attached hydrogens (tertiary/aromatic N) is 3.